The molecule has 2 aromatic rings. The van der Waals surface area contributed by atoms with Crippen LogP contribution in [0.15, 0.2) is 66.7 Å². The summed E-state index contributed by atoms with van der Waals surface area (Å²) < 4.78 is 17.7. The fraction of sp³-hybridized carbons (Fsp3) is 0.348. The Balaban J connectivity index is 1.64. The molecule has 0 radical (unpaired) electrons. The van der Waals surface area contributed by atoms with Crippen molar-refractivity contribution in [2.45, 2.75) is 31.7 Å². The number of carboxylic acid groups (broad SMARTS) is 1. The van der Waals surface area contributed by atoms with E-state index in [1.165, 1.54) is 0 Å². The number of aliphatic carboxylic acids is 1. The molecule has 0 amide bonds. The number of hydrogen-bond donors (Lipinski definition) is 2. The van der Waals surface area contributed by atoms with Crippen molar-refractivity contribution < 1.29 is 29.2 Å². The lowest BCUT2D eigenvalue weighted by molar-refractivity contribution is -0.247. The largest absolute Gasteiger partial charge is 0.508 e. The fourth-order valence-electron chi connectivity index (χ4n) is 3.24. The van der Waals surface area contributed by atoms with Crippen molar-refractivity contribution in [3.8, 4) is 11.5 Å². The third-order valence-corrected chi connectivity index (χ3v) is 4.73. The van der Waals surface area contributed by atoms with Gasteiger partial charge < -0.3 is 24.4 Å². The van der Waals surface area contributed by atoms with E-state index in [0.717, 1.165) is 5.75 Å². The normalized spacial score (nSPS) is 21.9. The molecule has 1 fully saturated rings. The van der Waals surface area contributed by atoms with E-state index in [9.17, 15) is 9.90 Å². The Bertz CT molecular complexity index is 804. The van der Waals surface area contributed by atoms with E-state index in [2.05, 4.69) is 0 Å². The summed E-state index contributed by atoms with van der Waals surface area (Å²) >= 11 is 0. The highest BCUT2D eigenvalue weighted by molar-refractivity contribution is 5.66. The van der Waals surface area contributed by atoms with Gasteiger partial charge >= 0.3 is 5.97 Å². The van der Waals surface area contributed by atoms with Crippen molar-refractivity contribution >= 4 is 5.97 Å². The van der Waals surface area contributed by atoms with Crippen molar-refractivity contribution in [1.82, 2.24) is 0 Å². The molecule has 6 heteroatoms. The number of para-hydroxylation sites is 2. The number of hydrogen-bond acceptors (Lipinski definition) is 5. The molecule has 0 bridgehead atoms. The van der Waals surface area contributed by atoms with Crippen LogP contribution in [0.5, 0.6) is 11.5 Å². The number of carbonyl (C=O) groups is 1. The number of ether oxygens (including phenoxy) is 3. The smallest absolute Gasteiger partial charge is 0.303 e. The van der Waals surface area contributed by atoms with Gasteiger partial charge in [-0.2, -0.15) is 0 Å². The van der Waals surface area contributed by atoms with Crippen molar-refractivity contribution in [3.63, 3.8) is 0 Å². The van der Waals surface area contributed by atoms with Crippen molar-refractivity contribution in [3.05, 3.63) is 72.3 Å². The number of allylic oxidation sites excluding steroid dienone is 2. The average molecular weight is 398 g/mol. The predicted molar refractivity (Wildman–Crippen MR) is 108 cm³/mol. The molecular formula is C23H26O6. The summed E-state index contributed by atoms with van der Waals surface area (Å²) in [4.78, 5) is 10.6. The van der Waals surface area contributed by atoms with Crippen LogP contribution in [0.1, 0.15) is 30.9 Å². The minimum absolute atomic E-state index is 0.00245. The van der Waals surface area contributed by atoms with E-state index >= 15 is 0 Å². The Hall–Kier alpha value is -2.83. The van der Waals surface area contributed by atoms with Crippen LogP contribution in [0.2, 0.25) is 0 Å². The maximum atomic E-state index is 10.6. The third-order valence-electron chi connectivity index (χ3n) is 4.73. The molecule has 29 heavy (non-hydrogen) atoms. The molecule has 154 valence electrons. The van der Waals surface area contributed by atoms with Gasteiger partial charge in [0.05, 0.1) is 12.7 Å². The van der Waals surface area contributed by atoms with Crippen LogP contribution in [0.3, 0.4) is 0 Å². The highest BCUT2D eigenvalue weighted by atomic mass is 16.7. The molecule has 3 rings (SSSR count). The Morgan fingerprint density at radius 1 is 1.10 bits per heavy atom. The van der Waals surface area contributed by atoms with E-state index < -0.39 is 12.3 Å². The standard InChI is InChI=1S/C23H26O6/c24-20-13-8-7-12-19(20)23-17(9-3-1-6-14-21(25)26)15-28-22(29-23)16-27-18-10-4-2-5-11-18/h1-5,7-8,10-13,17,22-24H,6,9,14-16H2,(H,25,26)/b3-1-. The molecule has 2 N–H and O–H groups in total. The first-order valence-electron chi connectivity index (χ1n) is 9.73. The Morgan fingerprint density at radius 3 is 2.62 bits per heavy atom. The molecule has 1 aliphatic heterocycles. The van der Waals surface area contributed by atoms with Gasteiger partial charge in [-0.15, -0.1) is 0 Å². The molecule has 1 heterocycles. The summed E-state index contributed by atoms with van der Waals surface area (Å²) in [7, 11) is 0. The van der Waals surface area contributed by atoms with Gasteiger partial charge in [-0.05, 0) is 31.0 Å². The topological polar surface area (TPSA) is 85.2 Å². The van der Waals surface area contributed by atoms with Crippen LogP contribution in [0, 0.1) is 5.92 Å². The van der Waals surface area contributed by atoms with Crippen LogP contribution in [0.25, 0.3) is 0 Å². The van der Waals surface area contributed by atoms with Crippen molar-refractivity contribution in [2.75, 3.05) is 13.2 Å². The second-order valence-corrected chi connectivity index (χ2v) is 6.90. The van der Waals surface area contributed by atoms with Gasteiger partial charge in [-0.1, -0.05) is 48.6 Å². The molecule has 0 aliphatic carbocycles. The van der Waals surface area contributed by atoms with Crippen LogP contribution < -0.4 is 4.74 Å². The van der Waals surface area contributed by atoms with E-state index in [0.29, 0.717) is 25.0 Å². The lowest BCUT2D eigenvalue weighted by Gasteiger charge is -2.36. The van der Waals surface area contributed by atoms with Gasteiger partial charge in [0, 0.05) is 17.9 Å². The quantitative estimate of drug-likeness (QED) is 0.612. The molecule has 3 atom stereocenters. The fourth-order valence-corrected chi connectivity index (χ4v) is 3.24. The number of phenols is 1. The van der Waals surface area contributed by atoms with Gasteiger partial charge in [0.25, 0.3) is 0 Å². The van der Waals surface area contributed by atoms with Gasteiger partial charge in [0.1, 0.15) is 18.1 Å². The zero-order valence-electron chi connectivity index (χ0n) is 16.1. The van der Waals surface area contributed by atoms with Crippen LogP contribution in [-0.2, 0) is 14.3 Å². The van der Waals surface area contributed by atoms with E-state index in [1.807, 2.05) is 54.6 Å². The molecule has 6 nitrogen and oxygen atoms in total. The second-order valence-electron chi connectivity index (χ2n) is 6.90. The number of benzene rings is 2. The highest BCUT2D eigenvalue weighted by Crippen LogP contribution is 2.38. The van der Waals surface area contributed by atoms with Gasteiger partial charge in [-0.3, -0.25) is 4.79 Å². The van der Waals surface area contributed by atoms with Crippen LogP contribution >= 0.6 is 0 Å². The molecule has 3 unspecified atom stereocenters. The lowest BCUT2D eigenvalue weighted by Crippen LogP contribution is -2.38. The summed E-state index contributed by atoms with van der Waals surface area (Å²) in [5.74, 6) is 0.106. The summed E-state index contributed by atoms with van der Waals surface area (Å²) in [5, 5.41) is 19.0. The third kappa shape index (κ3) is 6.34. The Labute approximate surface area is 170 Å². The van der Waals surface area contributed by atoms with E-state index in [4.69, 9.17) is 19.3 Å². The Morgan fingerprint density at radius 2 is 1.86 bits per heavy atom. The van der Waals surface area contributed by atoms with Crippen molar-refractivity contribution in [2.24, 2.45) is 5.92 Å². The van der Waals surface area contributed by atoms with Gasteiger partial charge in [-0.25, -0.2) is 0 Å². The predicted octanol–water partition coefficient (Wildman–Crippen LogP) is 4.31. The van der Waals surface area contributed by atoms with Gasteiger partial charge in [0.15, 0.2) is 6.29 Å². The Kier molecular flexibility index (Phi) is 7.67. The monoisotopic (exact) mass is 398 g/mol. The van der Waals surface area contributed by atoms with Crippen molar-refractivity contribution in [1.29, 1.82) is 0 Å². The first-order valence-corrected chi connectivity index (χ1v) is 9.73. The zero-order valence-corrected chi connectivity index (χ0v) is 16.1. The maximum Gasteiger partial charge on any atom is 0.303 e. The number of phenolic OH excluding ortho intramolecular Hbond substituents is 1. The minimum atomic E-state index is -0.813. The SMILES string of the molecule is O=C(O)CC/C=C\CC1COC(COc2ccccc2)OC1c1ccccc1O. The maximum absolute atomic E-state index is 10.6. The van der Waals surface area contributed by atoms with E-state index in [1.54, 1.807) is 12.1 Å². The summed E-state index contributed by atoms with van der Waals surface area (Å²) in [6, 6.07) is 16.6. The number of aromatic hydroxyl groups is 1. The molecule has 2 aromatic carbocycles. The zero-order chi connectivity index (χ0) is 20.5. The summed E-state index contributed by atoms with van der Waals surface area (Å²) in [6.07, 6.45) is 4.17. The van der Waals surface area contributed by atoms with Gasteiger partial charge in [0.2, 0.25) is 0 Å². The van der Waals surface area contributed by atoms with Crippen LogP contribution in [0.4, 0.5) is 0 Å². The highest BCUT2D eigenvalue weighted by Gasteiger charge is 2.34. The lowest BCUT2D eigenvalue weighted by atomic mass is 9.91. The second kappa shape index (κ2) is 10.6. The molecular weight excluding hydrogens is 372 g/mol. The number of rotatable bonds is 9. The van der Waals surface area contributed by atoms with E-state index in [-0.39, 0.29) is 30.8 Å². The molecule has 0 spiro atoms. The molecule has 1 saturated heterocycles. The molecule has 0 aromatic heterocycles. The summed E-state index contributed by atoms with van der Waals surface area (Å²) in [6.45, 7) is 0.695. The average Bonchev–Trinajstić information content (AvgIpc) is 2.73. The van der Waals surface area contributed by atoms with Crippen LogP contribution in [-0.4, -0.2) is 35.7 Å². The summed E-state index contributed by atoms with van der Waals surface area (Å²) in [5.41, 5.74) is 0.712. The first-order chi connectivity index (χ1) is 14.1. The first kappa shape index (κ1) is 20.9. The minimum Gasteiger partial charge on any atom is -0.508 e. The molecule has 0 saturated carbocycles. The number of carboxylic acids is 1. The molecule has 1 aliphatic rings.